The van der Waals surface area contributed by atoms with Crippen LogP contribution in [0, 0.1) is 5.92 Å². The topological polar surface area (TPSA) is 84.2 Å². The van der Waals surface area contributed by atoms with Gasteiger partial charge in [-0.2, -0.15) is 0 Å². The zero-order chi connectivity index (χ0) is 20.9. The first kappa shape index (κ1) is 19.7. The Kier molecular flexibility index (Phi) is 5.79. The van der Waals surface area contributed by atoms with Crippen LogP contribution < -0.4 is 4.74 Å². The van der Waals surface area contributed by atoms with Gasteiger partial charge in [-0.05, 0) is 36.4 Å². The Bertz CT molecular complexity index is 1070. The van der Waals surface area contributed by atoms with Gasteiger partial charge in [-0.1, -0.05) is 41.6 Å². The van der Waals surface area contributed by atoms with Crippen molar-refractivity contribution in [2.24, 2.45) is 11.1 Å². The predicted octanol–water partition coefficient (Wildman–Crippen LogP) is 4.05. The molecule has 2 aromatic carbocycles. The molecule has 4 rings (SSSR count). The zero-order valence-corrected chi connectivity index (χ0v) is 16.7. The predicted molar refractivity (Wildman–Crippen MR) is 113 cm³/mol. The molecule has 0 bridgehead atoms. The molecule has 1 aromatic heterocycles. The van der Waals surface area contributed by atoms with Gasteiger partial charge in [0.25, 0.3) is 0 Å². The molecule has 0 atom stereocenters. The highest BCUT2D eigenvalue weighted by atomic mass is 16.5. The number of carbonyl (C=O) groups is 1. The number of amidine groups is 1. The fraction of sp³-hybridized carbons (Fsp3) is 0.261. The van der Waals surface area contributed by atoms with Crippen molar-refractivity contribution >= 4 is 22.6 Å². The number of fused-ring (bicyclic) bond motifs is 1. The number of benzene rings is 2. The van der Waals surface area contributed by atoms with Crippen molar-refractivity contribution in [1.82, 2.24) is 9.88 Å². The largest absolute Gasteiger partial charge is 0.469 e. The third-order valence-electron chi connectivity index (χ3n) is 5.39. The van der Waals surface area contributed by atoms with Gasteiger partial charge in [0.05, 0.1) is 18.6 Å². The van der Waals surface area contributed by atoms with Gasteiger partial charge >= 0.3 is 5.97 Å². The van der Waals surface area contributed by atoms with E-state index in [-0.39, 0.29) is 11.9 Å². The monoisotopic (exact) mass is 405 g/mol. The van der Waals surface area contributed by atoms with E-state index in [9.17, 15) is 10.0 Å². The van der Waals surface area contributed by atoms with Gasteiger partial charge in [0.15, 0.2) is 5.84 Å². The van der Waals surface area contributed by atoms with E-state index in [1.807, 2.05) is 53.4 Å². The van der Waals surface area contributed by atoms with Crippen molar-refractivity contribution in [3.8, 4) is 11.6 Å². The van der Waals surface area contributed by atoms with E-state index in [4.69, 9.17) is 9.47 Å². The zero-order valence-electron chi connectivity index (χ0n) is 16.7. The second kappa shape index (κ2) is 8.82. The van der Waals surface area contributed by atoms with E-state index in [0.717, 1.165) is 10.8 Å². The molecule has 7 nitrogen and oxygen atoms in total. The van der Waals surface area contributed by atoms with Gasteiger partial charge in [0, 0.05) is 24.7 Å². The highest BCUT2D eigenvalue weighted by Gasteiger charge is 2.29. The molecule has 1 fully saturated rings. The van der Waals surface area contributed by atoms with E-state index in [0.29, 0.717) is 49.0 Å². The number of hydrogen-bond acceptors (Lipinski definition) is 6. The SMILES string of the molecule is COC(=O)C1CCN(/C(=N\O)c2cccnc2Oc2cccc3ccccc23)CC1. The van der Waals surface area contributed by atoms with Gasteiger partial charge in [0.1, 0.15) is 5.75 Å². The number of rotatable bonds is 4. The van der Waals surface area contributed by atoms with Crippen LogP contribution in [0.1, 0.15) is 18.4 Å². The van der Waals surface area contributed by atoms with Crippen LogP contribution in [0.3, 0.4) is 0 Å². The molecular formula is C23H23N3O4. The number of pyridine rings is 1. The standard InChI is InChI=1S/C23H23N3O4/c1-29-23(27)17-11-14-26(15-12-17)21(25-28)19-9-5-13-24-22(19)30-20-10-4-7-16-6-2-3-8-18(16)20/h2-10,13,17,28H,11-12,14-15H2,1H3/b25-21-. The summed E-state index contributed by atoms with van der Waals surface area (Å²) in [5.74, 6) is 1.08. The molecule has 154 valence electrons. The quantitative estimate of drug-likeness (QED) is 0.232. The second-order valence-electron chi connectivity index (χ2n) is 7.14. The number of hydrogen-bond donors (Lipinski definition) is 1. The normalized spacial score (nSPS) is 15.2. The van der Waals surface area contributed by atoms with E-state index in [1.165, 1.54) is 7.11 Å². The summed E-state index contributed by atoms with van der Waals surface area (Å²) in [6.45, 7) is 1.14. The maximum absolute atomic E-state index is 11.8. The average molecular weight is 405 g/mol. The Balaban J connectivity index is 1.60. The first-order valence-electron chi connectivity index (χ1n) is 9.87. The fourth-order valence-corrected chi connectivity index (χ4v) is 3.81. The lowest BCUT2D eigenvalue weighted by atomic mass is 9.96. The first-order chi connectivity index (χ1) is 14.7. The van der Waals surface area contributed by atoms with E-state index in [2.05, 4.69) is 10.1 Å². The summed E-state index contributed by atoms with van der Waals surface area (Å²) in [4.78, 5) is 18.1. The maximum Gasteiger partial charge on any atom is 0.308 e. The summed E-state index contributed by atoms with van der Waals surface area (Å²) in [5.41, 5.74) is 0.587. The number of carbonyl (C=O) groups excluding carboxylic acids is 1. The maximum atomic E-state index is 11.8. The van der Waals surface area contributed by atoms with Crippen LogP contribution >= 0.6 is 0 Å². The average Bonchev–Trinajstić information content (AvgIpc) is 2.81. The van der Waals surface area contributed by atoms with Gasteiger partial charge in [-0.15, -0.1) is 0 Å². The molecular weight excluding hydrogens is 382 g/mol. The minimum atomic E-state index is -0.196. The lowest BCUT2D eigenvalue weighted by Gasteiger charge is -2.32. The molecule has 0 spiro atoms. The number of oxime groups is 1. The summed E-state index contributed by atoms with van der Waals surface area (Å²) >= 11 is 0. The summed E-state index contributed by atoms with van der Waals surface area (Å²) in [6.07, 6.45) is 2.90. The molecule has 3 aromatic rings. The van der Waals surface area contributed by atoms with Crippen LogP contribution in [0.5, 0.6) is 11.6 Å². The van der Waals surface area contributed by atoms with Gasteiger partial charge in [-0.3, -0.25) is 4.79 Å². The Labute approximate surface area is 174 Å². The Morgan fingerprint density at radius 2 is 1.87 bits per heavy atom. The summed E-state index contributed by atoms with van der Waals surface area (Å²) in [5, 5.41) is 15.4. The third-order valence-corrected chi connectivity index (χ3v) is 5.39. The second-order valence-corrected chi connectivity index (χ2v) is 7.14. The van der Waals surface area contributed by atoms with Crippen LogP contribution in [0.25, 0.3) is 10.8 Å². The minimum absolute atomic E-state index is 0.133. The number of methoxy groups -OCH3 is 1. The number of piperidine rings is 1. The van der Waals surface area contributed by atoms with Crippen molar-refractivity contribution in [3.05, 3.63) is 66.4 Å². The highest BCUT2D eigenvalue weighted by Crippen LogP contribution is 2.31. The minimum Gasteiger partial charge on any atom is -0.469 e. The summed E-state index contributed by atoms with van der Waals surface area (Å²) < 4.78 is 11.0. The van der Waals surface area contributed by atoms with Crippen LogP contribution in [-0.2, 0) is 9.53 Å². The van der Waals surface area contributed by atoms with Crippen LogP contribution in [0.15, 0.2) is 65.9 Å². The Hall–Kier alpha value is -3.61. The first-order valence-corrected chi connectivity index (χ1v) is 9.87. The lowest BCUT2D eigenvalue weighted by molar-refractivity contribution is -0.146. The Morgan fingerprint density at radius 1 is 1.10 bits per heavy atom. The van der Waals surface area contributed by atoms with Gasteiger partial charge < -0.3 is 19.6 Å². The number of likely N-dealkylation sites (tertiary alicyclic amines) is 1. The number of esters is 1. The van der Waals surface area contributed by atoms with E-state index in [1.54, 1.807) is 12.3 Å². The molecule has 30 heavy (non-hydrogen) atoms. The molecule has 2 heterocycles. The van der Waals surface area contributed by atoms with E-state index < -0.39 is 0 Å². The summed E-state index contributed by atoms with van der Waals surface area (Å²) in [6, 6.07) is 17.4. The van der Waals surface area contributed by atoms with Crippen LogP contribution in [0.4, 0.5) is 0 Å². The van der Waals surface area contributed by atoms with Gasteiger partial charge in [0.2, 0.25) is 5.88 Å². The molecule has 0 amide bonds. The molecule has 0 unspecified atom stereocenters. The molecule has 1 N–H and O–H groups in total. The third kappa shape index (κ3) is 3.91. The Morgan fingerprint density at radius 3 is 2.63 bits per heavy atom. The van der Waals surface area contributed by atoms with Crippen molar-refractivity contribution in [2.75, 3.05) is 20.2 Å². The number of aromatic nitrogens is 1. The van der Waals surface area contributed by atoms with Crippen molar-refractivity contribution < 1.29 is 19.5 Å². The van der Waals surface area contributed by atoms with Crippen LogP contribution in [-0.4, -0.2) is 47.1 Å². The number of ether oxygens (including phenoxy) is 2. The fourth-order valence-electron chi connectivity index (χ4n) is 3.81. The molecule has 1 aliphatic rings. The molecule has 0 saturated carbocycles. The van der Waals surface area contributed by atoms with Crippen molar-refractivity contribution in [3.63, 3.8) is 0 Å². The lowest BCUT2D eigenvalue weighted by Crippen LogP contribution is -2.41. The van der Waals surface area contributed by atoms with Crippen molar-refractivity contribution in [1.29, 1.82) is 0 Å². The van der Waals surface area contributed by atoms with Crippen LogP contribution in [0.2, 0.25) is 0 Å². The molecule has 1 aliphatic heterocycles. The summed E-state index contributed by atoms with van der Waals surface area (Å²) in [7, 11) is 1.40. The smallest absolute Gasteiger partial charge is 0.308 e. The molecule has 7 heteroatoms. The van der Waals surface area contributed by atoms with Gasteiger partial charge in [-0.25, -0.2) is 4.98 Å². The highest BCUT2D eigenvalue weighted by molar-refractivity contribution is 6.00. The number of nitrogens with zero attached hydrogens (tertiary/aromatic N) is 3. The van der Waals surface area contributed by atoms with E-state index >= 15 is 0 Å². The molecule has 1 saturated heterocycles. The molecule has 0 aliphatic carbocycles. The van der Waals surface area contributed by atoms with Crippen molar-refractivity contribution in [2.45, 2.75) is 12.8 Å². The molecule has 0 radical (unpaired) electrons.